The summed E-state index contributed by atoms with van der Waals surface area (Å²) in [5, 5.41) is 17.9. The molecule has 12 heteroatoms. The van der Waals surface area contributed by atoms with Gasteiger partial charge >= 0.3 is 0 Å². The van der Waals surface area contributed by atoms with Gasteiger partial charge in [-0.1, -0.05) is 0 Å². The topological polar surface area (TPSA) is 166 Å². The number of aromatic nitrogens is 5. The van der Waals surface area contributed by atoms with Crippen LogP contribution in [0.4, 0.5) is 11.6 Å². The van der Waals surface area contributed by atoms with Crippen LogP contribution in [-0.4, -0.2) is 51.2 Å². The molecule has 0 saturated heterocycles. The second-order valence-electron chi connectivity index (χ2n) is 6.86. The number of aryl methyl sites for hydroxylation is 1. The number of H-pyrrole nitrogens is 1. The summed E-state index contributed by atoms with van der Waals surface area (Å²) in [5.41, 5.74) is 9.16. The van der Waals surface area contributed by atoms with Crippen molar-refractivity contribution in [2.45, 2.75) is 26.6 Å². The van der Waals surface area contributed by atoms with Crippen molar-refractivity contribution < 1.29 is 29.1 Å². The van der Waals surface area contributed by atoms with Crippen LogP contribution in [0, 0.1) is 0 Å². The largest absolute Gasteiger partial charge is 0.554 e. The number of imidazole rings is 1. The lowest BCUT2D eigenvalue weighted by molar-refractivity contribution is -0.681. The number of carbonyl (C=O) groups excluding carboxylic acids is 2. The van der Waals surface area contributed by atoms with Crippen LogP contribution >= 0.6 is 0 Å². The van der Waals surface area contributed by atoms with Gasteiger partial charge in [0.25, 0.3) is 5.82 Å². The number of aliphatic hydroxyl groups is 1. The molecule has 0 fully saturated rings. The van der Waals surface area contributed by atoms with E-state index in [9.17, 15) is 9.90 Å². The average Bonchev–Trinajstić information content (AvgIpc) is 3.38. The fourth-order valence-corrected chi connectivity index (χ4v) is 3.77. The van der Waals surface area contributed by atoms with Crippen LogP contribution < -0.4 is 25.0 Å². The molecule has 174 valence electrons. The Hall–Kier alpha value is -4.19. The maximum atomic E-state index is 12.0. The Morgan fingerprint density at radius 3 is 2.73 bits per heavy atom. The highest BCUT2D eigenvalue weighted by Crippen LogP contribution is 2.25. The Kier molecular flexibility index (Phi) is 7.41. The van der Waals surface area contributed by atoms with E-state index >= 15 is 0 Å². The summed E-state index contributed by atoms with van der Waals surface area (Å²) in [7, 11) is 1.62. The summed E-state index contributed by atoms with van der Waals surface area (Å²) in [6, 6.07) is 7.54. The number of rotatable bonds is 8. The number of ether oxygens (including phenoxy) is 1. The lowest BCUT2D eigenvalue weighted by Gasteiger charge is -2.16. The normalized spacial score (nSPS) is 10.6. The van der Waals surface area contributed by atoms with Crippen molar-refractivity contribution in [1.82, 2.24) is 19.5 Å². The number of aliphatic hydroxyl groups excluding tert-OH is 1. The number of carboxylic acid groups (broad SMARTS) is 1. The summed E-state index contributed by atoms with van der Waals surface area (Å²) in [5.74, 6) is 2.01. The summed E-state index contributed by atoms with van der Waals surface area (Å²) in [6.45, 7) is 2.75. The molecule has 0 saturated carbocycles. The zero-order valence-electron chi connectivity index (χ0n) is 18.3. The van der Waals surface area contributed by atoms with E-state index in [-0.39, 0.29) is 24.8 Å². The van der Waals surface area contributed by atoms with Crippen molar-refractivity contribution >= 4 is 46.7 Å². The second-order valence-corrected chi connectivity index (χ2v) is 6.86. The number of fused-ring (bicyclic) bond motifs is 2. The van der Waals surface area contributed by atoms with E-state index in [1.165, 1.54) is 4.90 Å². The van der Waals surface area contributed by atoms with Crippen LogP contribution in [0.15, 0.2) is 30.5 Å². The molecule has 1 amide bonds. The van der Waals surface area contributed by atoms with Crippen LogP contribution in [0.1, 0.15) is 12.7 Å². The maximum Gasteiger partial charge on any atom is 0.277 e. The molecule has 0 aliphatic heterocycles. The van der Waals surface area contributed by atoms with Gasteiger partial charge in [-0.15, -0.1) is 0 Å². The molecule has 0 spiro atoms. The van der Waals surface area contributed by atoms with Crippen molar-refractivity contribution in [3.63, 3.8) is 0 Å². The molecule has 0 aliphatic rings. The first-order valence-corrected chi connectivity index (χ1v) is 10.1. The minimum absolute atomic E-state index is 0.0368. The van der Waals surface area contributed by atoms with Gasteiger partial charge in [0.1, 0.15) is 24.4 Å². The van der Waals surface area contributed by atoms with Gasteiger partial charge in [-0.3, -0.25) is 9.69 Å². The van der Waals surface area contributed by atoms with Gasteiger partial charge < -0.3 is 30.5 Å². The van der Waals surface area contributed by atoms with Gasteiger partial charge in [-0.25, -0.2) is 19.1 Å². The third kappa shape index (κ3) is 4.55. The van der Waals surface area contributed by atoms with Gasteiger partial charge in [0, 0.05) is 18.7 Å². The molecule has 0 bridgehead atoms. The van der Waals surface area contributed by atoms with E-state index in [1.807, 2.05) is 29.7 Å². The Labute approximate surface area is 188 Å². The van der Waals surface area contributed by atoms with Crippen LogP contribution in [0.25, 0.3) is 22.2 Å². The number of nitrogen functional groups attached to an aromatic ring is 1. The van der Waals surface area contributed by atoms with Gasteiger partial charge in [0.15, 0.2) is 28.3 Å². The second kappa shape index (κ2) is 10.4. The number of amides is 1. The highest BCUT2D eigenvalue weighted by molar-refractivity contribution is 5.84. The molecule has 1 aromatic carbocycles. The van der Waals surface area contributed by atoms with Gasteiger partial charge in [-0.2, -0.15) is 0 Å². The standard InChI is InChI=1S/C20H24N7O3.CH2O2/c1-3-26-16-10-13(30-2)4-5-15(16)27(8-9-28)17(26)11-25(12-29)20-18(21)24-19-14(23-20)6-7-22-19;2-1-3/h4-7,10,12,28H,3,8-9,11H2,1-2H3,(H3,21,22,24);1H,(H,2,3)/q+1;/p-1. The number of benzene rings is 1. The lowest BCUT2D eigenvalue weighted by atomic mass is 10.3. The molecular weight excluding hydrogens is 430 g/mol. The van der Waals surface area contributed by atoms with Gasteiger partial charge in [0.05, 0.1) is 20.3 Å². The number of aromatic amines is 1. The smallest absolute Gasteiger partial charge is 0.277 e. The van der Waals surface area contributed by atoms with Crippen LogP contribution in [-0.2, 0) is 29.2 Å². The molecule has 0 unspecified atom stereocenters. The van der Waals surface area contributed by atoms with Crippen LogP contribution in [0.5, 0.6) is 5.75 Å². The van der Waals surface area contributed by atoms with E-state index in [0.29, 0.717) is 30.7 Å². The summed E-state index contributed by atoms with van der Waals surface area (Å²) < 4.78 is 9.45. The lowest BCUT2D eigenvalue weighted by Crippen LogP contribution is -2.42. The van der Waals surface area contributed by atoms with E-state index in [2.05, 4.69) is 19.5 Å². The van der Waals surface area contributed by atoms with Crippen molar-refractivity contribution in [2.75, 3.05) is 24.4 Å². The number of nitrogens with two attached hydrogens (primary N) is 1. The minimum Gasteiger partial charge on any atom is -0.554 e. The zero-order valence-corrected chi connectivity index (χ0v) is 18.3. The predicted octanol–water partition coefficient (Wildman–Crippen LogP) is -0.668. The first-order chi connectivity index (χ1) is 16.0. The minimum atomic E-state index is -0.500. The Balaban J connectivity index is 0.000000968. The molecular formula is C21H25N7O5. The van der Waals surface area contributed by atoms with E-state index in [0.717, 1.165) is 22.6 Å². The molecule has 12 nitrogen and oxygen atoms in total. The molecule has 3 aromatic heterocycles. The summed E-state index contributed by atoms with van der Waals surface area (Å²) in [6.07, 6.45) is 2.41. The maximum absolute atomic E-state index is 12.0. The Morgan fingerprint density at radius 1 is 1.33 bits per heavy atom. The predicted molar refractivity (Wildman–Crippen MR) is 118 cm³/mol. The number of carbonyl (C=O) groups is 2. The molecule has 0 atom stereocenters. The fourth-order valence-electron chi connectivity index (χ4n) is 3.77. The SMILES string of the molecule is CCn1c(CN(C=O)c2nc3cc[nH]c3nc2N)[n+](CCO)c2ccc(OC)cc21.O=C[O-]. The molecule has 4 aromatic rings. The Morgan fingerprint density at radius 2 is 2.09 bits per heavy atom. The zero-order chi connectivity index (χ0) is 24.0. The van der Waals surface area contributed by atoms with Gasteiger partial charge in [0.2, 0.25) is 6.41 Å². The fraction of sp³-hybridized carbons (Fsp3) is 0.286. The number of methoxy groups -OCH3 is 1. The van der Waals surface area contributed by atoms with Crippen molar-refractivity contribution in [2.24, 2.45) is 0 Å². The summed E-state index contributed by atoms with van der Waals surface area (Å²) in [4.78, 5) is 33.5. The van der Waals surface area contributed by atoms with E-state index < -0.39 is 6.47 Å². The number of hydrogen-bond donors (Lipinski definition) is 3. The quantitative estimate of drug-likeness (QED) is 0.232. The number of anilines is 2. The first kappa shape index (κ1) is 23.5. The third-order valence-electron chi connectivity index (χ3n) is 5.13. The van der Waals surface area contributed by atoms with Crippen LogP contribution in [0.2, 0.25) is 0 Å². The number of nitrogens with zero attached hydrogens (tertiary/aromatic N) is 5. The molecule has 3 heterocycles. The van der Waals surface area contributed by atoms with Gasteiger partial charge in [-0.05, 0) is 25.1 Å². The Bertz CT molecular complexity index is 1270. The van der Waals surface area contributed by atoms with Crippen molar-refractivity contribution in [3.05, 3.63) is 36.3 Å². The molecule has 4 N–H and O–H groups in total. The first-order valence-electron chi connectivity index (χ1n) is 10.1. The summed E-state index contributed by atoms with van der Waals surface area (Å²) >= 11 is 0. The molecule has 0 aliphatic carbocycles. The average molecular weight is 455 g/mol. The molecule has 0 radical (unpaired) electrons. The monoisotopic (exact) mass is 455 g/mol. The van der Waals surface area contributed by atoms with Crippen molar-refractivity contribution in [3.8, 4) is 5.75 Å². The number of nitrogens with one attached hydrogen (secondary N) is 1. The third-order valence-corrected chi connectivity index (χ3v) is 5.13. The van der Waals surface area contributed by atoms with E-state index in [1.54, 1.807) is 19.4 Å². The number of hydrogen-bond acceptors (Lipinski definition) is 8. The highest BCUT2D eigenvalue weighted by Gasteiger charge is 2.28. The molecule has 4 rings (SSSR count). The highest BCUT2D eigenvalue weighted by atomic mass is 16.5. The van der Waals surface area contributed by atoms with Crippen LogP contribution in [0.3, 0.4) is 0 Å². The molecule has 33 heavy (non-hydrogen) atoms. The van der Waals surface area contributed by atoms with E-state index in [4.69, 9.17) is 20.4 Å². The van der Waals surface area contributed by atoms with Crippen molar-refractivity contribution in [1.29, 1.82) is 0 Å².